The van der Waals surface area contributed by atoms with Gasteiger partial charge in [-0.2, -0.15) is 5.10 Å². The molecule has 0 fully saturated rings. The van der Waals surface area contributed by atoms with E-state index in [1.807, 2.05) is 0 Å². The summed E-state index contributed by atoms with van der Waals surface area (Å²) in [6.45, 7) is 0.437. The molecule has 3 aromatic rings. The number of rotatable bonds is 8. The first-order valence-corrected chi connectivity index (χ1v) is 9.46. The number of allylic oxidation sites excluding steroid dienone is 1. The fraction of sp³-hybridized carbons (Fsp3) is 0.222. The van der Waals surface area contributed by atoms with Crippen molar-refractivity contribution in [3.63, 3.8) is 0 Å². The third-order valence-electron chi connectivity index (χ3n) is 4.11. The maximum Gasteiger partial charge on any atom is 0.220 e. The Morgan fingerprint density at radius 2 is 2.24 bits per heavy atom. The van der Waals surface area contributed by atoms with Gasteiger partial charge in [0, 0.05) is 38.0 Å². The first-order chi connectivity index (χ1) is 13.9. The molecule has 0 amide bonds. The smallest absolute Gasteiger partial charge is 0.220 e. The van der Waals surface area contributed by atoms with Crippen LogP contribution in [0.1, 0.15) is 26.8 Å². The van der Waals surface area contributed by atoms with Gasteiger partial charge in [0.15, 0.2) is 11.9 Å². The number of fused-ring (bicyclic) bond motifs is 1. The van der Waals surface area contributed by atoms with Crippen LogP contribution in [0.3, 0.4) is 0 Å². The first kappa shape index (κ1) is 20.1. The van der Waals surface area contributed by atoms with Crippen LogP contribution in [-0.4, -0.2) is 49.8 Å². The van der Waals surface area contributed by atoms with Crippen molar-refractivity contribution in [2.24, 2.45) is 17.9 Å². The first-order valence-electron chi connectivity index (χ1n) is 8.64. The van der Waals surface area contributed by atoms with Crippen molar-refractivity contribution >= 4 is 45.8 Å². The Kier molecular flexibility index (Phi) is 5.98. The Hall–Kier alpha value is -3.60. The fourth-order valence-electron chi connectivity index (χ4n) is 2.78. The van der Waals surface area contributed by atoms with E-state index >= 15 is 0 Å². The minimum atomic E-state index is 0.208. The molecule has 0 unspecified atom stereocenters. The lowest BCUT2D eigenvalue weighted by Gasteiger charge is -2.11. The molecular formula is C18H21N9OS. The number of thiazole rings is 1. The number of aryl methyl sites for hydroxylation is 1. The van der Waals surface area contributed by atoms with Crippen molar-refractivity contribution in [2.75, 3.05) is 12.8 Å². The monoisotopic (exact) mass is 411 g/mol. The SMILES string of the molecule is CN(Cc1ccnc(N)n1)/N=C\c1c(C=O)n(C)c2nc(CC(=N)/C=C\N)sc12. The van der Waals surface area contributed by atoms with Crippen molar-refractivity contribution in [3.8, 4) is 0 Å². The number of carbonyl (C=O) groups is 1. The van der Waals surface area contributed by atoms with E-state index in [2.05, 4.69) is 20.1 Å². The van der Waals surface area contributed by atoms with Crippen LogP contribution >= 0.6 is 11.3 Å². The highest BCUT2D eigenvalue weighted by Crippen LogP contribution is 2.29. The van der Waals surface area contributed by atoms with Gasteiger partial charge in [0.1, 0.15) is 5.01 Å². The Balaban J connectivity index is 1.88. The van der Waals surface area contributed by atoms with Crippen molar-refractivity contribution in [3.05, 3.63) is 46.5 Å². The van der Waals surface area contributed by atoms with E-state index in [0.29, 0.717) is 35.6 Å². The lowest BCUT2D eigenvalue weighted by atomic mass is 10.3. The van der Waals surface area contributed by atoms with Crippen molar-refractivity contribution in [1.82, 2.24) is 24.5 Å². The van der Waals surface area contributed by atoms with Gasteiger partial charge < -0.3 is 21.4 Å². The van der Waals surface area contributed by atoms with E-state index in [4.69, 9.17) is 16.9 Å². The Morgan fingerprint density at radius 1 is 1.45 bits per heavy atom. The van der Waals surface area contributed by atoms with Gasteiger partial charge >= 0.3 is 0 Å². The number of aldehydes is 1. The number of carbonyl (C=O) groups excluding carboxylic acids is 1. The zero-order valence-electron chi connectivity index (χ0n) is 16.0. The molecule has 0 aliphatic rings. The number of hydrazone groups is 1. The fourth-order valence-corrected chi connectivity index (χ4v) is 3.92. The molecule has 0 bridgehead atoms. The molecule has 10 nitrogen and oxygen atoms in total. The lowest BCUT2D eigenvalue weighted by Crippen LogP contribution is -2.13. The molecule has 0 saturated carbocycles. The Labute approximate surface area is 171 Å². The highest BCUT2D eigenvalue weighted by Gasteiger charge is 2.18. The summed E-state index contributed by atoms with van der Waals surface area (Å²) < 4.78 is 2.58. The van der Waals surface area contributed by atoms with Crippen LogP contribution in [-0.2, 0) is 20.0 Å². The number of anilines is 1. The number of nitrogens with two attached hydrogens (primary N) is 2. The predicted octanol–water partition coefficient (Wildman–Crippen LogP) is 1.32. The van der Waals surface area contributed by atoms with Gasteiger partial charge in [0.2, 0.25) is 5.95 Å². The van der Waals surface area contributed by atoms with Crippen LogP contribution in [0.25, 0.3) is 10.3 Å². The van der Waals surface area contributed by atoms with E-state index in [0.717, 1.165) is 21.7 Å². The van der Waals surface area contributed by atoms with Gasteiger partial charge in [0.05, 0.1) is 28.8 Å². The second-order valence-electron chi connectivity index (χ2n) is 6.26. The number of nitrogens with one attached hydrogen (secondary N) is 1. The minimum absolute atomic E-state index is 0.208. The quantitative estimate of drug-likeness (QED) is 0.287. The second kappa shape index (κ2) is 8.61. The maximum absolute atomic E-state index is 11.6. The van der Waals surface area contributed by atoms with E-state index in [-0.39, 0.29) is 5.95 Å². The van der Waals surface area contributed by atoms with Gasteiger partial charge in [-0.1, -0.05) is 0 Å². The van der Waals surface area contributed by atoms with E-state index < -0.39 is 0 Å². The van der Waals surface area contributed by atoms with Crippen molar-refractivity contribution in [1.29, 1.82) is 5.41 Å². The second-order valence-corrected chi connectivity index (χ2v) is 7.35. The summed E-state index contributed by atoms with van der Waals surface area (Å²) >= 11 is 1.43. The molecule has 5 N–H and O–H groups in total. The van der Waals surface area contributed by atoms with Gasteiger partial charge in [-0.05, 0) is 18.3 Å². The lowest BCUT2D eigenvalue weighted by molar-refractivity contribution is 0.111. The summed E-state index contributed by atoms with van der Waals surface area (Å²) in [6, 6.07) is 1.76. The van der Waals surface area contributed by atoms with E-state index in [9.17, 15) is 4.79 Å². The van der Waals surface area contributed by atoms with Crippen LogP contribution in [0.4, 0.5) is 5.95 Å². The molecule has 3 aromatic heterocycles. The van der Waals surface area contributed by atoms with Gasteiger partial charge in [-0.25, -0.2) is 15.0 Å². The van der Waals surface area contributed by atoms with Crippen molar-refractivity contribution in [2.45, 2.75) is 13.0 Å². The molecule has 3 heterocycles. The summed E-state index contributed by atoms with van der Waals surface area (Å²) in [5.41, 5.74) is 13.9. The van der Waals surface area contributed by atoms with Crippen LogP contribution in [0, 0.1) is 5.41 Å². The molecule has 150 valence electrons. The van der Waals surface area contributed by atoms with Gasteiger partial charge in [-0.15, -0.1) is 11.3 Å². The normalized spacial score (nSPS) is 11.7. The van der Waals surface area contributed by atoms with Crippen LogP contribution < -0.4 is 11.5 Å². The third kappa shape index (κ3) is 4.46. The maximum atomic E-state index is 11.6. The molecule has 0 aliphatic heterocycles. The van der Waals surface area contributed by atoms with Crippen LogP contribution in [0.2, 0.25) is 0 Å². The Morgan fingerprint density at radius 3 is 2.93 bits per heavy atom. The summed E-state index contributed by atoms with van der Waals surface area (Å²) in [5.74, 6) is 0.208. The summed E-state index contributed by atoms with van der Waals surface area (Å²) in [6.07, 6.45) is 7.26. The molecule has 0 spiro atoms. The highest BCUT2D eigenvalue weighted by atomic mass is 32.1. The number of hydrogen-bond donors (Lipinski definition) is 3. The standard InChI is InChI=1S/C18H21N9OS/c1-26(9-12-4-6-22-18(21)24-12)23-8-13-14(10-28)27(2)17-16(13)29-15(25-17)7-11(20)3-5-19/h3-6,8,10,20H,7,9,19H2,1-2H3,(H2,21,22,24)/b5-3-,20-11?,23-8-. The summed E-state index contributed by atoms with van der Waals surface area (Å²) in [5, 5.41) is 14.8. The van der Waals surface area contributed by atoms with Crippen LogP contribution in [0.15, 0.2) is 29.6 Å². The van der Waals surface area contributed by atoms with Gasteiger partial charge in [0.25, 0.3) is 0 Å². The molecule has 0 saturated heterocycles. The average molecular weight is 411 g/mol. The molecule has 0 radical (unpaired) electrons. The van der Waals surface area contributed by atoms with Gasteiger partial charge in [-0.3, -0.25) is 9.80 Å². The molecule has 0 aromatic carbocycles. The Bertz CT molecular complexity index is 1110. The largest absolute Gasteiger partial charge is 0.405 e. The minimum Gasteiger partial charge on any atom is -0.405 e. The average Bonchev–Trinajstić information content (AvgIpc) is 3.17. The summed E-state index contributed by atoms with van der Waals surface area (Å²) in [4.78, 5) is 24.2. The zero-order valence-corrected chi connectivity index (χ0v) is 16.8. The molecule has 29 heavy (non-hydrogen) atoms. The molecule has 11 heteroatoms. The number of nitrogens with zero attached hydrogens (tertiary/aromatic N) is 6. The molecule has 0 aliphatic carbocycles. The molecule has 3 rings (SSSR count). The highest BCUT2D eigenvalue weighted by molar-refractivity contribution is 7.19. The topological polar surface area (TPSA) is 152 Å². The molecule has 0 atom stereocenters. The number of aromatic nitrogens is 4. The zero-order chi connectivity index (χ0) is 21.0. The predicted molar refractivity (Wildman–Crippen MR) is 114 cm³/mol. The van der Waals surface area contributed by atoms with E-state index in [1.165, 1.54) is 23.6 Å². The number of hydrogen-bond acceptors (Lipinski definition) is 10. The van der Waals surface area contributed by atoms with Crippen LogP contribution in [0.5, 0.6) is 0 Å². The number of nitrogen functional groups attached to an aromatic ring is 1. The third-order valence-corrected chi connectivity index (χ3v) is 5.19. The van der Waals surface area contributed by atoms with Crippen molar-refractivity contribution < 1.29 is 4.79 Å². The van der Waals surface area contributed by atoms with E-state index in [1.54, 1.807) is 42.1 Å². The molecular weight excluding hydrogens is 390 g/mol. The summed E-state index contributed by atoms with van der Waals surface area (Å²) in [7, 11) is 3.58.